The first kappa shape index (κ1) is 23.3. The number of nitrogens with zero attached hydrogens (tertiary/aromatic N) is 6. The van der Waals surface area contributed by atoms with Gasteiger partial charge in [-0.2, -0.15) is 5.26 Å². The van der Waals surface area contributed by atoms with Crippen molar-refractivity contribution in [2.24, 2.45) is 0 Å². The van der Waals surface area contributed by atoms with Crippen LogP contribution in [0.25, 0.3) is 0 Å². The second-order valence-electron chi connectivity index (χ2n) is 8.67. The van der Waals surface area contributed by atoms with Crippen molar-refractivity contribution in [3.8, 4) is 6.07 Å². The Balaban J connectivity index is 1.62. The van der Waals surface area contributed by atoms with Gasteiger partial charge in [-0.05, 0) is 38.0 Å². The quantitative estimate of drug-likeness (QED) is 0.572. The van der Waals surface area contributed by atoms with Crippen molar-refractivity contribution in [2.45, 2.75) is 38.1 Å². The third-order valence-corrected chi connectivity index (χ3v) is 6.53. The van der Waals surface area contributed by atoms with Crippen LogP contribution in [0.4, 0.5) is 17.2 Å². The molecule has 1 saturated heterocycles. The lowest BCUT2D eigenvalue weighted by Gasteiger charge is -2.41. The molecule has 1 saturated carbocycles. The summed E-state index contributed by atoms with van der Waals surface area (Å²) < 4.78 is 5.05. The number of nitriles is 1. The molecule has 1 atom stereocenters. The van der Waals surface area contributed by atoms with Crippen LogP contribution < -0.4 is 9.80 Å². The van der Waals surface area contributed by atoms with Crippen LogP contribution >= 0.6 is 11.6 Å². The molecular formula is C24H29ClN6O2. The van der Waals surface area contributed by atoms with Gasteiger partial charge in [0.2, 0.25) is 5.91 Å². The minimum absolute atomic E-state index is 0.0298. The Kier molecular flexibility index (Phi) is 7.01. The molecule has 0 N–H and O–H groups in total. The molecule has 3 heterocycles. The molecule has 9 heteroatoms. The van der Waals surface area contributed by atoms with Gasteiger partial charge in [-0.1, -0.05) is 11.6 Å². The normalized spacial score (nSPS) is 18.2. The maximum absolute atomic E-state index is 12.5. The van der Waals surface area contributed by atoms with Gasteiger partial charge >= 0.3 is 0 Å². The minimum Gasteiger partial charge on any atom is -0.384 e. The van der Waals surface area contributed by atoms with Gasteiger partial charge in [0.1, 0.15) is 17.0 Å². The van der Waals surface area contributed by atoms with Crippen LogP contribution in [0.15, 0.2) is 24.4 Å². The number of pyridine rings is 2. The van der Waals surface area contributed by atoms with E-state index in [0.717, 1.165) is 29.9 Å². The summed E-state index contributed by atoms with van der Waals surface area (Å²) in [5.74, 6) is 1.20. The summed E-state index contributed by atoms with van der Waals surface area (Å²) in [4.78, 5) is 27.7. The van der Waals surface area contributed by atoms with Crippen molar-refractivity contribution in [3.05, 3.63) is 40.8 Å². The fraction of sp³-hybridized carbons (Fsp3) is 0.500. The number of halogens is 1. The molecule has 2 aliphatic rings. The summed E-state index contributed by atoms with van der Waals surface area (Å²) >= 11 is 6.10. The zero-order valence-corrected chi connectivity index (χ0v) is 20.0. The predicted molar refractivity (Wildman–Crippen MR) is 128 cm³/mol. The number of anilines is 3. The Hall–Kier alpha value is -2.89. The van der Waals surface area contributed by atoms with Crippen molar-refractivity contribution < 1.29 is 9.53 Å². The van der Waals surface area contributed by atoms with Crippen LogP contribution in [0, 0.1) is 11.3 Å². The number of hydrogen-bond donors (Lipinski definition) is 0. The average molecular weight is 469 g/mol. The number of rotatable bonds is 7. The molecule has 8 nitrogen and oxygen atoms in total. The molecule has 1 unspecified atom stereocenters. The molecule has 0 radical (unpaired) electrons. The molecule has 33 heavy (non-hydrogen) atoms. The fourth-order valence-corrected chi connectivity index (χ4v) is 4.52. The van der Waals surface area contributed by atoms with Gasteiger partial charge in [-0.25, -0.2) is 9.97 Å². The summed E-state index contributed by atoms with van der Waals surface area (Å²) in [6.45, 7) is 4.35. The molecule has 2 aromatic heterocycles. The lowest BCUT2D eigenvalue weighted by molar-refractivity contribution is -0.134. The highest BCUT2D eigenvalue weighted by Crippen LogP contribution is 2.46. The number of carbonyl (C=O) groups excluding carboxylic acids is 1. The summed E-state index contributed by atoms with van der Waals surface area (Å²) in [5.41, 5.74) is 3.35. The number of methoxy groups -OCH3 is 1. The second kappa shape index (κ2) is 9.94. The summed E-state index contributed by atoms with van der Waals surface area (Å²) in [6.07, 6.45) is 4.24. The summed E-state index contributed by atoms with van der Waals surface area (Å²) in [7, 11) is 3.56. The minimum atomic E-state index is 0.0298. The van der Waals surface area contributed by atoms with E-state index in [9.17, 15) is 10.1 Å². The van der Waals surface area contributed by atoms with E-state index < -0.39 is 0 Å². The monoisotopic (exact) mass is 468 g/mol. The highest BCUT2D eigenvalue weighted by atomic mass is 35.5. The van der Waals surface area contributed by atoms with Gasteiger partial charge < -0.3 is 19.4 Å². The van der Waals surface area contributed by atoms with Gasteiger partial charge in [0.15, 0.2) is 0 Å². The van der Waals surface area contributed by atoms with Crippen molar-refractivity contribution in [2.75, 3.05) is 50.2 Å². The van der Waals surface area contributed by atoms with Gasteiger partial charge in [-0.3, -0.25) is 4.79 Å². The average Bonchev–Trinajstić information content (AvgIpc) is 3.66. The fourth-order valence-electron chi connectivity index (χ4n) is 4.35. The number of hydrogen-bond acceptors (Lipinski definition) is 7. The highest BCUT2D eigenvalue weighted by Gasteiger charge is 2.33. The second-order valence-corrected chi connectivity index (χ2v) is 9.06. The van der Waals surface area contributed by atoms with E-state index >= 15 is 0 Å². The number of piperazine rings is 1. The third-order valence-electron chi connectivity index (χ3n) is 6.32. The molecular weight excluding hydrogens is 440 g/mol. The van der Waals surface area contributed by atoms with E-state index in [1.807, 2.05) is 35.9 Å². The van der Waals surface area contributed by atoms with E-state index in [-0.39, 0.29) is 11.9 Å². The zero-order valence-electron chi connectivity index (χ0n) is 19.3. The molecule has 4 rings (SSSR count). The highest BCUT2D eigenvalue weighted by molar-refractivity contribution is 6.29. The van der Waals surface area contributed by atoms with Crippen LogP contribution in [-0.4, -0.2) is 67.2 Å². The number of carbonyl (C=O) groups is 1. The Labute approximate surface area is 199 Å². The van der Waals surface area contributed by atoms with Crippen LogP contribution in [0.5, 0.6) is 0 Å². The first-order valence-electron chi connectivity index (χ1n) is 11.3. The molecule has 0 spiro atoms. The Morgan fingerprint density at radius 2 is 2.15 bits per heavy atom. The standard InChI is InChI=1S/C24H29ClN6O2/c1-16-15-30(9-10-31(16)22(32)7-11-33-3)24-18(14-26)12-20(23(28-24)17-4-5-17)29(2)19-6-8-27-21(25)13-19/h6,8,12-13,16-17H,4-5,7,9-11,15H2,1-3H3. The number of ether oxygens (including phenoxy) is 1. The van der Waals surface area contributed by atoms with Crippen molar-refractivity contribution in [3.63, 3.8) is 0 Å². The van der Waals surface area contributed by atoms with E-state index in [0.29, 0.717) is 55.1 Å². The van der Waals surface area contributed by atoms with Crippen LogP contribution in [-0.2, 0) is 9.53 Å². The number of amides is 1. The molecule has 1 aliphatic carbocycles. The predicted octanol–water partition coefficient (Wildman–Crippen LogP) is 3.72. The largest absolute Gasteiger partial charge is 0.384 e. The van der Waals surface area contributed by atoms with E-state index in [1.54, 1.807) is 19.4 Å². The molecule has 0 bridgehead atoms. The lowest BCUT2D eigenvalue weighted by Crippen LogP contribution is -2.54. The van der Waals surface area contributed by atoms with Crippen LogP contribution in [0.1, 0.15) is 43.4 Å². The number of aromatic nitrogens is 2. The Bertz CT molecular complexity index is 1070. The first-order chi connectivity index (χ1) is 15.9. The van der Waals surface area contributed by atoms with Crippen molar-refractivity contribution in [1.82, 2.24) is 14.9 Å². The topological polar surface area (TPSA) is 85.6 Å². The Morgan fingerprint density at radius 1 is 1.36 bits per heavy atom. The molecule has 1 amide bonds. The van der Waals surface area contributed by atoms with Gasteiger partial charge in [-0.15, -0.1) is 0 Å². The SMILES string of the molecule is COCCC(=O)N1CCN(c2nc(C3CC3)c(N(C)c3ccnc(Cl)c3)cc2C#N)CC1C. The summed E-state index contributed by atoms with van der Waals surface area (Å²) in [6, 6.07) is 8.01. The Morgan fingerprint density at radius 3 is 2.79 bits per heavy atom. The van der Waals surface area contributed by atoms with Crippen molar-refractivity contribution in [1.29, 1.82) is 5.26 Å². The van der Waals surface area contributed by atoms with Crippen LogP contribution in [0.2, 0.25) is 5.15 Å². The molecule has 1 aliphatic heterocycles. The smallest absolute Gasteiger partial charge is 0.225 e. The van der Waals surface area contributed by atoms with Gasteiger partial charge in [0.25, 0.3) is 0 Å². The first-order valence-corrected chi connectivity index (χ1v) is 11.6. The van der Waals surface area contributed by atoms with Crippen molar-refractivity contribution >= 4 is 34.7 Å². The maximum Gasteiger partial charge on any atom is 0.225 e. The van der Waals surface area contributed by atoms with Gasteiger partial charge in [0.05, 0.1) is 30.0 Å². The van der Waals surface area contributed by atoms with E-state index in [1.165, 1.54) is 0 Å². The molecule has 174 valence electrons. The molecule has 2 aromatic rings. The zero-order chi connectivity index (χ0) is 23.5. The van der Waals surface area contributed by atoms with Crippen LogP contribution in [0.3, 0.4) is 0 Å². The van der Waals surface area contributed by atoms with E-state index in [2.05, 4.69) is 16.0 Å². The third kappa shape index (κ3) is 5.05. The lowest BCUT2D eigenvalue weighted by atomic mass is 10.1. The maximum atomic E-state index is 12.5. The summed E-state index contributed by atoms with van der Waals surface area (Å²) in [5, 5.41) is 10.4. The van der Waals surface area contributed by atoms with E-state index in [4.69, 9.17) is 21.3 Å². The molecule has 0 aromatic carbocycles. The van der Waals surface area contributed by atoms with Gasteiger partial charge in [0, 0.05) is 57.6 Å². The molecule has 2 fully saturated rings.